The first kappa shape index (κ1) is 18.3. The van der Waals surface area contributed by atoms with E-state index in [9.17, 15) is 14.9 Å². The fourth-order valence-corrected chi connectivity index (χ4v) is 2.70. The molecule has 1 amide bonds. The minimum atomic E-state index is -0.548. The van der Waals surface area contributed by atoms with Gasteiger partial charge in [-0.05, 0) is 39.7 Å². The Balaban J connectivity index is 1.96. The van der Waals surface area contributed by atoms with Crippen molar-refractivity contribution in [2.75, 3.05) is 18.4 Å². The lowest BCUT2D eigenvalue weighted by Gasteiger charge is -2.34. The molecular weight excluding hydrogens is 336 g/mol. The van der Waals surface area contributed by atoms with Crippen LogP contribution in [-0.4, -0.2) is 45.6 Å². The molecule has 2 rings (SSSR count). The van der Waals surface area contributed by atoms with Gasteiger partial charge in [0.1, 0.15) is 11.3 Å². The third-order valence-electron chi connectivity index (χ3n) is 3.57. The highest BCUT2D eigenvalue weighted by Crippen LogP contribution is 2.31. The first-order valence-electron chi connectivity index (χ1n) is 7.71. The van der Waals surface area contributed by atoms with Gasteiger partial charge in [0.2, 0.25) is 5.15 Å². The van der Waals surface area contributed by atoms with Crippen LogP contribution in [-0.2, 0) is 4.74 Å². The number of nitro groups is 1. The molecule has 0 aliphatic carbocycles. The summed E-state index contributed by atoms with van der Waals surface area (Å²) in [6, 6.07) is 1.55. The van der Waals surface area contributed by atoms with Gasteiger partial charge in [0.05, 0.1) is 4.92 Å². The van der Waals surface area contributed by atoms with Crippen molar-refractivity contribution in [2.45, 2.75) is 45.3 Å². The predicted molar refractivity (Wildman–Crippen MR) is 90.4 cm³/mol. The maximum atomic E-state index is 12.0. The molecule has 1 fully saturated rings. The van der Waals surface area contributed by atoms with E-state index in [1.165, 1.54) is 12.3 Å². The molecule has 9 heteroatoms. The smallest absolute Gasteiger partial charge is 0.410 e. The molecule has 2 heterocycles. The summed E-state index contributed by atoms with van der Waals surface area (Å²) in [4.78, 5) is 28.0. The standard InChI is InChI=1S/C15H21ClN4O4/c1-15(2,3)24-14(21)19-8-5-10(6-9-19)18-11-4-7-17-13(16)12(11)20(22)23/h4,7,10H,5-6,8-9H2,1-3H3,(H,17,18). The molecule has 0 bridgehead atoms. The van der Waals surface area contributed by atoms with Gasteiger partial charge in [0.15, 0.2) is 0 Å². The monoisotopic (exact) mass is 356 g/mol. The summed E-state index contributed by atoms with van der Waals surface area (Å²) in [6.07, 6.45) is 2.42. The molecule has 1 aromatic rings. The lowest BCUT2D eigenvalue weighted by molar-refractivity contribution is -0.384. The van der Waals surface area contributed by atoms with Gasteiger partial charge in [-0.3, -0.25) is 10.1 Å². The Hall–Kier alpha value is -2.09. The van der Waals surface area contributed by atoms with Crippen molar-refractivity contribution in [2.24, 2.45) is 0 Å². The van der Waals surface area contributed by atoms with Crippen LogP contribution in [0.4, 0.5) is 16.2 Å². The molecule has 1 N–H and O–H groups in total. The number of carbonyl (C=O) groups is 1. The van der Waals surface area contributed by atoms with Gasteiger partial charge in [0, 0.05) is 25.3 Å². The van der Waals surface area contributed by atoms with E-state index < -0.39 is 10.5 Å². The van der Waals surface area contributed by atoms with E-state index in [0.29, 0.717) is 31.6 Å². The Labute approximate surface area is 145 Å². The van der Waals surface area contributed by atoms with Gasteiger partial charge in [-0.25, -0.2) is 9.78 Å². The van der Waals surface area contributed by atoms with Crippen LogP contribution in [0, 0.1) is 10.1 Å². The fourth-order valence-electron chi connectivity index (χ4n) is 2.47. The number of carbonyl (C=O) groups excluding carboxylic acids is 1. The molecule has 0 aromatic carbocycles. The second-order valence-electron chi connectivity index (χ2n) is 6.64. The highest BCUT2D eigenvalue weighted by molar-refractivity contribution is 6.32. The van der Waals surface area contributed by atoms with Crippen LogP contribution in [0.15, 0.2) is 12.3 Å². The van der Waals surface area contributed by atoms with Crippen molar-refractivity contribution in [3.63, 3.8) is 0 Å². The van der Waals surface area contributed by atoms with Gasteiger partial charge >= 0.3 is 11.8 Å². The van der Waals surface area contributed by atoms with E-state index in [1.54, 1.807) is 4.90 Å². The van der Waals surface area contributed by atoms with Crippen molar-refractivity contribution in [3.8, 4) is 0 Å². The second kappa shape index (κ2) is 7.21. The van der Waals surface area contributed by atoms with Crippen LogP contribution >= 0.6 is 11.6 Å². The zero-order valence-electron chi connectivity index (χ0n) is 13.9. The lowest BCUT2D eigenvalue weighted by atomic mass is 10.0. The lowest BCUT2D eigenvalue weighted by Crippen LogP contribution is -2.44. The SMILES string of the molecule is CC(C)(C)OC(=O)N1CCC(Nc2ccnc(Cl)c2[N+](=O)[O-])CC1. The Morgan fingerprint density at radius 1 is 1.46 bits per heavy atom. The predicted octanol–water partition coefficient (Wildman–Crippen LogP) is 3.45. The number of nitrogens with one attached hydrogen (secondary N) is 1. The summed E-state index contributed by atoms with van der Waals surface area (Å²) < 4.78 is 5.35. The Bertz CT molecular complexity index is 624. The largest absolute Gasteiger partial charge is 0.444 e. The molecule has 0 spiro atoms. The number of likely N-dealkylation sites (tertiary alicyclic amines) is 1. The quantitative estimate of drug-likeness (QED) is 0.506. The van der Waals surface area contributed by atoms with Gasteiger partial charge < -0.3 is 15.0 Å². The minimum Gasteiger partial charge on any atom is -0.444 e. The van der Waals surface area contributed by atoms with Crippen molar-refractivity contribution < 1.29 is 14.5 Å². The normalized spacial score (nSPS) is 15.9. The van der Waals surface area contributed by atoms with Crippen molar-refractivity contribution in [3.05, 3.63) is 27.5 Å². The van der Waals surface area contributed by atoms with Crippen molar-refractivity contribution >= 4 is 29.1 Å². The van der Waals surface area contributed by atoms with Crippen molar-refractivity contribution in [1.29, 1.82) is 0 Å². The van der Waals surface area contributed by atoms with Crippen molar-refractivity contribution in [1.82, 2.24) is 9.88 Å². The number of amides is 1. The summed E-state index contributed by atoms with van der Waals surface area (Å²) in [5.74, 6) is 0. The molecular formula is C15H21ClN4O4. The zero-order valence-corrected chi connectivity index (χ0v) is 14.7. The molecule has 0 atom stereocenters. The minimum absolute atomic E-state index is 0.0147. The molecule has 1 aliphatic heterocycles. The Morgan fingerprint density at radius 2 is 2.08 bits per heavy atom. The van der Waals surface area contributed by atoms with Crippen LogP contribution in [0.1, 0.15) is 33.6 Å². The molecule has 24 heavy (non-hydrogen) atoms. The number of pyridine rings is 1. The molecule has 0 unspecified atom stereocenters. The number of piperidine rings is 1. The fraction of sp³-hybridized carbons (Fsp3) is 0.600. The first-order valence-corrected chi connectivity index (χ1v) is 8.08. The number of hydrogen-bond acceptors (Lipinski definition) is 6. The topological polar surface area (TPSA) is 97.6 Å². The van der Waals surface area contributed by atoms with E-state index >= 15 is 0 Å². The van der Waals surface area contributed by atoms with E-state index in [1.807, 2.05) is 20.8 Å². The van der Waals surface area contributed by atoms with Crippen LogP contribution in [0.3, 0.4) is 0 Å². The van der Waals surface area contributed by atoms with Crippen LogP contribution < -0.4 is 5.32 Å². The van der Waals surface area contributed by atoms with Crippen LogP contribution in [0.25, 0.3) is 0 Å². The van der Waals surface area contributed by atoms with Gasteiger partial charge in [-0.15, -0.1) is 0 Å². The molecule has 1 aromatic heterocycles. The number of halogens is 1. The molecule has 132 valence electrons. The number of rotatable bonds is 3. The first-order chi connectivity index (χ1) is 11.2. The third-order valence-corrected chi connectivity index (χ3v) is 3.85. The van der Waals surface area contributed by atoms with Crippen LogP contribution in [0.5, 0.6) is 0 Å². The summed E-state index contributed by atoms with van der Waals surface area (Å²) >= 11 is 5.81. The summed E-state index contributed by atoms with van der Waals surface area (Å²) in [5.41, 5.74) is -0.412. The van der Waals surface area contributed by atoms with Gasteiger partial charge in [0.25, 0.3) is 0 Å². The molecule has 8 nitrogen and oxygen atoms in total. The van der Waals surface area contributed by atoms with Gasteiger partial charge in [-0.2, -0.15) is 0 Å². The van der Waals surface area contributed by atoms with Crippen LogP contribution in [0.2, 0.25) is 5.15 Å². The second-order valence-corrected chi connectivity index (χ2v) is 7.00. The van der Waals surface area contributed by atoms with Gasteiger partial charge in [-0.1, -0.05) is 11.6 Å². The maximum Gasteiger partial charge on any atom is 0.410 e. The highest BCUT2D eigenvalue weighted by atomic mass is 35.5. The number of ether oxygens (including phenoxy) is 1. The summed E-state index contributed by atoms with van der Waals surface area (Å²) in [5, 5.41) is 14.1. The molecule has 0 saturated carbocycles. The number of nitrogens with zero attached hydrogens (tertiary/aromatic N) is 3. The Morgan fingerprint density at radius 3 is 2.62 bits per heavy atom. The number of hydrogen-bond donors (Lipinski definition) is 1. The number of aromatic nitrogens is 1. The molecule has 1 saturated heterocycles. The molecule has 1 aliphatic rings. The van der Waals surface area contributed by atoms with E-state index in [4.69, 9.17) is 16.3 Å². The van der Waals surface area contributed by atoms with E-state index in [0.717, 1.165) is 0 Å². The Kier molecular flexibility index (Phi) is 5.48. The van der Waals surface area contributed by atoms with E-state index in [2.05, 4.69) is 10.3 Å². The third kappa shape index (κ3) is 4.70. The zero-order chi connectivity index (χ0) is 17.9. The summed E-state index contributed by atoms with van der Waals surface area (Å²) in [7, 11) is 0. The maximum absolute atomic E-state index is 12.0. The van der Waals surface area contributed by atoms with E-state index in [-0.39, 0.29) is 23.0 Å². The summed E-state index contributed by atoms with van der Waals surface area (Å²) in [6.45, 7) is 6.53. The average molecular weight is 357 g/mol. The average Bonchev–Trinajstić information content (AvgIpc) is 2.45. The highest BCUT2D eigenvalue weighted by Gasteiger charge is 2.28. The number of anilines is 1. The molecule has 0 radical (unpaired) electrons.